The van der Waals surface area contributed by atoms with Crippen LogP contribution in [-0.4, -0.2) is 33.3 Å². The van der Waals surface area contributed by atoms with E-state index in [2.05, 4.69) is 12.2 Å². The first-order valence-electron chi connectivity index (χ1n) is 7.23. The normalized spacial score (nSPS) is 11.8. The number of benzene rings is 1. The number of nitrogens with one attached hydrogen (secondary N) is 1. The van der Waals surface area contributed by atoms with Crippen LogP contribution in [0.5, 0.6) is 11.5 Å². The van der Waals surface area contributed by atoms with Crippen LogP contribution in [0.2, 0.25) is 0 Å². The fourth-order valence-corrected chi connectivity index (χ4v) is 2.07. The third-order valence-corrected chi connectivity index (χ3v) is 3.22. The summed E-state index contributed by atoms with van der Waals surface area (Å²) >= 11 is 0. The maximum absolute atomic E-state index is 11.2. The number of ether oxygens (including phenoxy) is 3. The van der Waals surface area contributed by atoms with Crippen LogP contribution in [0.3, 0.4) is 0 Å². The molecule has 0 heterocycles. The van der Waals surface area contributed by atoms with Crippen molar-refractivity contribution in [2.45, 2.75) is 32.7 Å². The first kappa shape index (κ1) is 17.3. The van der Waals surface area contributed by atoms with Crippen molar-refractivity contribution in [1.82, 2.24) is 5.32 Å². The topological polar surface area (TPSA) is 56.8 Å². The third kappa shape index (κ3) is 5.63. The van der Waals surface area contributed by atoms with E-state index in [0.717, 1.165) is 30.0 Å². The number of hydrogen-bond acceptors (Lipinski definition) is 5. The highest BCUT2D eigenvalue weighted by Gasteiger charge is 2.12. The maximum Gasteiger partial charge on any atom is 0.305 e. The van der Waals surface area contributed by atoms with Crippen molar-refractivity contribution >= 4 is 5.97 Å². The molecule has 1 atom stereocenters. The van der Waals surface area contributed by atoms with E-state index in [0.29, 0.717) is 13.0 Å². The molecule has 5 nitrogen and oxygen atoms in total. The number of methoxy groups -OCH3 is 2. The minimum absolute atomic E-state index is 0.132. The molecule has 1 aromatic rings. The number of carbonyl (C=O) groups excluding carboxylic acids is 1. The van der Waals surface area contributed by atoms with Gasteiger partial charge in [0, 0.05) is 24.1 Å². The highest BCUT2D eigenvalue weighted by Crippen LogP contribution is 2.29. The molecule has 0 amide bonds. The Hall–Kier alpha value is -1.75. The molecular weight excluding hydrogens is 270 g/mol. The third-order valence-electron chi connectivity index (χ3n) is 3.22. The van der Waals surface area contributed by atoms with Crippen LogP contribution in [0.4, 0.5) is 0 Å². The molecule has 0 aliphatic carbocycles. The van der Waals surface area contributed by atoms with Gasteiger partial charge in [0.1, 0.15) is 11.5 Å². The van der Waals surface area contributed by atoms with Gasteiger partial charge in [0.25, 0.3) is 0 Å². The van der Waals surface area contributed by atoms with E-state index in [9.17, 15) is 4.79 Å². The van der Waals surface area contributed by atoms with E-state index in [4.69, 9.17) is 14.2 Å². The lowest BCUT2D eigenvalue weighted by Gasteiger charge is -2.18. The smallest absolute Gasteiger partial charge is 0.305 e. The van der Waals surface area contributed by atoms with Crippen molar-refractivity contribution in [1.29, 1.82) is 0 Å². The zero-order valence-corrected chi connectivity index (χ0v) is 13.3. The molecule has 0 aliphatic rings. The van der Waals surface area contributed by atoms with Crippen LogP contribution in [0.15, 0.2) is 18.2 Å². The number of hydrogen-bond donors (Lipinski definition) is 1. The van der Waals surface area contributed by atoms with Gasteiger partial charge in [-0.1, -0.05) is 6.07 Å². The summed E-state index contributed by atoms with van der Waals surface area (Å²) in [6, 6.07) is 5.90. The van der Waals surface area contributed by atoms with E-state index < -0.39 is 0 Å². The Kier molecular flexibility index (Phi) is 7.61. The molecule has 1 N–H and O–H groups in total. The summed E-state index contributed by atoms with van der Waals surface area (Å²) in [6.07, 6.45) is 1.19. The molecule has 0 bridgehead atoms. The van der Waals surface area contributed by atoms with Crippen LogP contribution in [0.25, 0.3) is 0 Å². The van der Waals surface area contributed by atoms with Gasteiger partial charge in [0.05, 0.1) is 20.8 Å². The molecule has 118 valence electrons. The molecule has 0 aromatic heterocycles. The second kappa shape index (κ2) is 9.23. The SMILES string of the molecule is CCOC(=O)CCCNC(C)c1ccc(OC)cc1OC. The van der Waals surface area contributed by atoms with E-state index in [-0.39, 0.29) is 12.0 Å². The molecule has 21 heavy (non-hydrogen) atoms. The zero-order chi connectivity index (χ0) is 15.7. The molecule has 0 radical (unpaired) electrons. The van der Waals surface area contributed by atoms with Crippen molar-refractivity contribution in [2.75, 3.05) is 27.4 Å². The second-order valence-electron chi connectivity index (χ2n) is 4.69. The van der Waals surface area contributed by atoms with E-state index in [1.807, 2.05) is 25.1 Å². The fourth-order valence-electron chi connectivity index (χ4n) is 2.07. The highest BCUT2D eigenvalue weighted by atomic mass is 16.5. The van der Waals surface area contributed by atoms with Crippen molar-refractivity contribution in [3.8, 4) is 11.5 Å². The molecule has 5 heteroatoms. The largest absolute Gasteiger partial charge is 0.497 e. The van der Waals surface area contributed by atoms with Crippen LogP contribution >= 0.6 is 0 Å². The minimum atomic E-state index is -0.144. The first-order valence-corrected chi connectivity index (χ1v) is 7.23. The van der Waals surface area contributed by atoms with Crippen molar-refractivity contribution in [2.24, 2.45) is 0 Å². The summed E-state index contributed by atoms with van der Waals surface area (Å²) in [7, 11) is 3.28. The van der Waals surface area contributed by atoms with Gasteiger partial charge in [-0.15, -0.1) is 0 Å². The van der Waals surface area contributed by atoms with E-state index in [1.165, 1.54) is 0 Å². The Morgan fingerprint density at radius 3 is 2.67 bits per heavy atom. The Balaban J connectivity index is 2.48. The Bertz CT molecular complexity index is 448. The summed E-state index contributed by atoms with van der Waals surface area (Å²) in [4.78, 5) is 11.2. The molecule has 0 aliphatic heterocycles. The predicted octanol–water partition coefficient (Wildman–Crippen LogP) is 2.70. The average Bonchev–Trinajstić information content (AvgIpc) is 2.50. The number of rotatable bonds is 9. The second-order valence-corrected chi connectivity index (χ2v) is 4.69. The van der Waals surface area contributed by atoms with E-state index in [1.54, 1.807) is 14.2 Å². The summed E-state index contributed by atoms with van der Waals surface area (Å²) in [5.41, 5.74) is 1.06. The molecule has 0 saturated heterocycles. The molecular formula is C16H25NO4. The zero-order valence-electron chi connectivity index (χ0n) is 13.3. The quantitative estimate of drug-likeness (QED) is 0.561. The van der Waals surface area contributed by atoms with Gasteiger partial charge in [-0.25, -0.2) is 0 Å². The Morgan fingerprint density at radius 2 is 2.05 bits per heavy atom. The van der Waals surface area contributed by atoms with Gasteiger partial charge in [-0.2, -0.15) is 0 Å². The van der Waals surface area contributed by atoms with Crippen LogP contribution in [0, 0.1) is 0 Å². The molecule has 1 rings (SSSR count). The standard InChI is InChI=1S/C16H25NO4/c1-5-21-16(18)7-6-10-17-12(2)14-9-8-13(19-3)11-15(14)20-4/h8-9,11-12,17H,5-7,10H2,1-4H3. The molecule has 0 spiro atoms. The average molecular weight is 295 g/mol. The summed E-state index contributed by atoms with van der Waals surface area (Å²) in [5, 5.41) is 3.38. The Morgan fingerprint density at radius 1 is 1.29 bits per heavy atom. The van der Waals surface area contributed by atoms with Crippen LogP contribution in [-0.2, 0) is 9.53 Å². The van der Waals surface area contributed by atoms with Crippen molar-refractivity contribution in [3.05, 3.63) is 23.8 Å². The van der Waals surface area contributed by atoms with Gasteiger partial charge in [-0.05, 0) is 32.9 Å². The predicted molar refractivity (Wildman–Crippen MR) is 81.8 cm³/mol. The lowest BCUT2D eigenvalue weighted by atomic mass is 10.1. The maximum atomic E-state index is 11.2. The summed E-state index contributed by atoms with van der Waals surface area (Å²) in [6.45, 7) is 5.06. The molecule has 0 saturated carbocycles. The molecule has 1 aromatic carbocycles. The van der Waals surface area contributed by atoms with Gasteiger partial charge >= 0.3 is 5.97 Å². The monoisotopic (exact) mass is 295 g/mol. The van der Waals surface area contributed by atoms with Crippen LogP contribution < -0.4 is 14.8 Å². The number of carbonyl (C=O) groups is 1. The highest BCUT2D eigenvalue weighted by molar-refractivity contribution is 5.69. The van der Waals surface area contributed by atoms with Crippen molar-refractivity contribution < 1.29 is 19.0 Å². The van der Waals surface area contributed by atoms with E-state index >= 15 is 0 Å². The van der Waals surface area contributed by atoms with Gasteiger partial charge in [0.2, 0.25) is 0 Å². The Labute approximate surface area is 126 Å². The fraction of sp³-hybridized carbons (Fsp3) is 0.562. The molecule has 0 fully saturated rings. The number of esters is 1. The molecule has 1 unspecified atom stereocenters. The van der Waals surface area contributed by atoms with Gasteiger partial charge in [-0.3, -0.25) is 4.79 Å². The van der Waals surface area contributed by atoms with Crippen molar-refractivity contribution in [3.63, 3.8) is 0 Å². The lowest BCUT2D eigenvalue weighted by Crippen LogP contribution is -2.21. The first-order chi connectivity index (χ1) is 10.1. The lowest BCUT2D eigenvalue weighted by molar-refractivity contribution is -0.143. The summed E-state index contributed by atoms with van der Waals surface area (Å²) < 4.78 is 15.5. The summed E-state index contributed by atoms with van der Waals surface area (Å²) in [5.74, 6) is 1.42. The van der Waals surface area contributed by atoms with Gasteiger partial charge < -0.3 is 19.5 Å². The van der Waals surface area contributed by atoms with Gasteiger partial charge in [0.15, 0.2) is 0 Å². The minimum Gasteiger partial charge on any atom is -0.497 e. The van der Waals surface area contributed by atoms with Crippen LogP contribution in [0.1, 0.15) is 38.3 Å².